The van der Waals surface area contributed by atoms with Crippen molar-refractivity contribution >= 4 is 18.0 Å². The van der Waals surface area contributed by atoms with E-state index in [1.165, 1.54) is 12.3 Å². The van der Waals surface area contributed by atoms with E-state index in [-0.39, 0.29) is 12.1 Å². The van der Waals surface area contributed by atoms with E-state index in [0.717, 1.165) is 5.56 Å². The van der Waals surface area contributed by atoms with Crippen LogP contribution in [-0.4, -0.2) is 28.0 Å². The highest BCUT2D eigenvalue weighted by Crippen LogP contribution is 2.04. The first-order valence-corrected chi connectivity index (χ1v) is 6.83. The minimum atomic E-state index is -1.08. The van der Waals surface area contributed by atoms with Gasteiger partial charge in [-0.05, 0) is 24.1 Å². The Morgan fingerprint density at radius 1 is 1.14 bits per heavy atom. The van der Waals surface area contributed by atoms with E-state index in [1.54, 1.807) is 18.2 Å². The van der Waals surface area contributed by atoms with Crippen molar-refractivity contribution in [3.05, 3.63) is 72.1 Å². The van der Waals surface area contributed by atoms with Crippen LogP contribution in [0.2, 0.25) is 0 Å². The normalized spacial score (nSPS) is 12.0. The second-order valence-electron chi connectivity index (χ2n) is 4.63. The lowest BCUT2D eigenvalue weighted by Gasteiger charge is -2.12. The van der Waals surface area contributed by atoms with Crippen molar-refractivity contribution in [3.63, 3.8) is 0 Å². The molecule has 1 heterocycles. The van der Waals surface area contributed by atoms with Gasteiger partial charge in [0, 0.05) is 6.20 Å². The Bertz CT molecular complexity index is 654. The van der Waals surface area contributed by atoms with Crippen LogP contribution in [0.3, 0.4) is 0 Å². The summed E-state index contributed by atoms with van der Waals surface area (Å²) < 4.78 is 0. The number of carboxylic acid groups (broad SMARTS) is 1. The summed E-state index contributed by atoms with van der Waals surface area (Å²) in [5, 5.41) is 11.7. The van der Waals surface area contributed by atoms with Gasteiger partial charge in [-0.1, -0.05) is 48.6 Å². The second-order valence-corrected chi connectivity index (χ2v) is 4.63. The van der Waals surface area contributed by atoms with Crippen molar-refractivity contribution in [2.24, 2.45) is 0 Å². The van der Waals surface area contributed by atoms with Crippen LogP contribution >= 0.6 is 0 Å². The van der Waals surface area contributed by atoms with Crippen LogP contribution in [0.5, 0.6) is 0 Å². The number of carbonyl (C=O) groups excluding carboxylic acids is 1. The van der Waals surface area contributed by atoms with Crippen LogP contribution in [0.15, 0.2) is 60.8 Å². The van der Waals surface area contributed by atoms with E-state index in [0.29, 0.717) is 0 Å². The highest BCUT2D eigenvalue weighted by Gasteiger charge is 2.19. The number of benzene rings is 1. The van der Waals surface area contributed by atoms with Gasteiger partial charge in [-0.2, -0.15) is 0 Å². The number of hydrogen-bond acceptors (Lipinski definition) is 3. The molecule has 0 aliphatic carbocycles. The molecule has 0 saturated carbocycles. The van der Waals surface area contributed by atoms with Crippen LogP contribution in [0.1, 0.15) is 22.5 Å². The fourth-order valence-electron chi connectivity index (χ4n) is 1.86. The number of carboxylic acids is 1. The Morgan fingerprint density at radius 3 is 2.50 bits per heavy atom. The van der Waals surface area contributed by atoms with Gasteiger partial charge in [0.05, 0.1) is 0 Å². The number of carbonyl (C=O) groups is 2. The fourth-order valence-corrected chi connectivity index (χ4v) is 1.86. The molecule has 1 aromatic carbocycles. The zero-order valence-electron chi connectivity index (χ0n) is 11.8. The Morgan fingerprint density at radius 2 is 1.86 bits per heavy atom. The highest BCUT2D eigenvalue weighted by molar-refractivity contribution is 5.94. The number of aliphatic carboxylic acids is 1. The van der Waals surface area contributed by atoms with Gasteiger partial charge in [0.25, 0.3) is 5.91 Å². The predicted molar refractivity (Wildman–Crippen MR) is 83.2 cm³/mol. The van der Waals surface area contributed by atoms with Crippen molar-refractivity contribution in [1.29, 1.82) is 0 Å². The van der Waals surface area contributed by atoms with Crippen molar-refractivity contribution in [3.8, 4) is 0 Å². The molecule has 112 valence electrons. The van der Waals surface area contributed by atoms with Crippen molar-refractivity contribution in [2.45, 2.75) is 12.5 Å². The molecule has 0 aliphatic heterocycles. The van der Waals surface area contributed by atoms with Crippen LogP contribution in [0.25, 0.3) is 6.08 Å². The van der Waals surface area contributed by atoms with Gasteiger partial charge in [-0.25, -0.2) is 4.79 Å². The monoisotopic (exact) mass is 296 g/mol. The van der Waals surface area contributed by atoms with E-state index in [4.69, 9.17) is 0 Å². The largest absolute Gasteiger partial charge is 0.480 e. The lowest BCUT2D eigenvalue weighted by molar-refractivity contribution is -0.139. The lowest BCUT2D eigenvalue weighted by atomic mass is 10.1. The van der Waals surface area contributed by atoms with Crippen molar-refractivity contribution in [2.75, 3.05) is 0 Å². The molecule has 2 aromatic rings. The molecule has 0 spiro atoms. The third-order valence-corrected chi connectivity index (χ3v) is 2.98. The maximum atomic E-state index is 11.9. The third kappa shape index (κ3) is 4.56. The van der Waals surface area contributed by atoms with Gasteiger partial charge in [-0.3, -0.25) is 9.78 Å². The molecule has 5 heteroatoms. The Balaban J connectivity index is 1.97. The first-order chi connectivity index (χ1) is 10.7. The molecule has 1 amide bonds. The zero-order chi connectivity index (χ0) is 15.8. The minimum Gasteiger partial charge on any atom is -0.480 e. The number of amides is 1. The smallest absolute Gasteiger partial charge is 0.326 e. The van der Waals surface area contributed by atoms with Gasteiger partial charge < -0.3 is 10.4 Å². The Kier molecular flexibility index (Phi) is 5.43. The summed E-state index contributed by atoms with van der Waals surface area (Å²) in [7, 11) is 0. The summed E-state index contributed by atoms with van der Waals surface area (Å²) in [5.41, 5.74) is 1.17. The van der Waals surface area contributed by atoms with Gasteiger partial charge in [0.15, 0.2) is 0 Å². The number of nitrogens with one attached hydrogen (secondary N) is 1. The topological polar surface area (TPSA) is 79.3 Å². The van der Waals surface area contributed by atoms with E-state index >= 15 is 0 Å². The van der Waals surface area contributed by atoms with E-state index < -0.39 is 17.9 Å². The van der Waals surface area contributed by atoms with Gasteiger partial charge in [0.1, 0.15) is 11.7 Å². The van der Waals surface area contributed by atoms with Crippen LogP contribution in [-0.2, 0) is 4.79 Å². The van der Waals surface area contributed by atoms with Crippen LogP contribution < -0.4 is 5.32 Å². The predicted octanol–water partition coefficient (Wildman–Crippen LogP) is 2.37. The molecule has 0 bridgehead atoms. The molecule has 0 aliphatic rings. The molecular formula is C17H16N2O3. The second kappa shape index (κ2) is 7.73. The first-order valence-electron chi connectivity index (χ1n) is 6.83. The average molecular weight is 296 g/mol. The highest BCUT2D eigenvalue weighted by atomic mass is 16.4. The molecule has 0 unspecified atom stereocenters. The van der Waals surface area contributed by atoms with Gasteiger partial charge in [0.2, 0.25) is 0 Å². The Labute approximate surface area is 128 Å². The third-order valence-electron chi connectivity index (χ3n) is 2.98. The van der Waals surface area contributed by atoms with E-state index in [9.17, 15) is 14.7 Å². The lowest BCUT2D eigenvalue weighted by Crippen LogP contribution is -2.40. The molecule has 22 heavy (non-hydrogen) atoms. The fraction of sp³-hybridized carbons (Fsp3) is 0.118. The SMILES string of the molecule is O=C(N[C@H](C/C=C/c1ccccc1)C(=O)O)c1ccccn1. The molecular weight excluding hydrogens is 280 g/mol. The quantitative estimate of drug-likeness (QED) is 0.857. The minimum absolute atomic E-state index is 0.195. The number of rotatable bonds is 6. The summed E-state index contributed by atoms with van der Waals surface area (Å²) in [5.74, 6) is -1.58. The number of pyridine rings is 1. The molecule has 0 saturated heterocycles. The summed E-state index contributed by atoms with van der Waals surface area (Å²) in [6, 6.07) is 13.4. The van der Waals surface area contributed by atoms with E-state index in [2.05, 4.69) is 10.3 Å². The molecule has 1 aromatic heterocycles. The van der Waals surface area contributed by atoms with Crippen molar-refractivity contribution in [1.82, 2.24) is 10.3 Å². The molecule has 2 rings (SSSR count). The maximum absolute atomic E-state index is 11.9. The molecule has 5 nitrogen and oxygen atoms in total. The van der Waals surface area contributed by atoms with Gasteiger partial charge >= 0.3 is 5.97 Å². The number of hydrogen-bond donors (Lipinski definition) is 2. The van der Waals surface area contributed by atoms with Crippen LogP contribution in [0.4, 0.5) is 0 Å². The Hall–Kier alpha value is -2.95. The van der Waals surface area contributed by atoms with Crippen LogP contribution in [0, 0.1) is 0 Å². The summed E-state index contributed by atoms with van der Waals surface area (Å²) in [6.07, 6.45) is 5.23. The molecule has 0 radical (unpaired) electrons. The maximum Gasteiger partial charge on any atom is 0.326 e. The summed E-state index contributed by atoms with van der Waals surface area (Å²) >= 11 is 0. The molecule has 0 fully saturated rings. The first kappa shape index (κ1) is 15.4. The van der Waals surface area contributed by atoms with Gasteiger partial charge in [-0.15, -0.1) is 0 Å². The van der Waals surface area contributed by atoms with Crippen molar-refractivity contribution < 1.29 is 14.7 Å². The molecule has 1 atom stereocenters. The number of aromatic nitrogens is 1. The number of nitrogens with zero attached hydrogens (tertiary/aromatic N) is 1. The zero-order valence-corrected chi connectivity index (χ0v) is 11.8. The average Bonchev–Trinajstić information content (AvgIpc) is 2.55. The van der Waals surface area contributed by atoms with E-state index in [1.807, 2.05) is 36.4 Å². The summed E-state index contributed by atoms with van der Waals surface area (Å²) in [4.78, 5) is 27.1. The summed E-state index contributed by atoms with van der Waals surface area (Å²) in [6.45, 7) is 0. The standard InChI is InChI=1S/C17H16N2O3/c20-16(14-10-4-5-12-18-14)19-15(17(21)22)11-6-9-13-7-2-1-3-8-13/h1-10,12,15H,11H2,(H,19,20)(H,21,22)/b9-6+/t15-/m1/s1. The molecule has 2 N–H and O–H groups in total.